The minimum atomic E-state index is 0.124. The number of carbonyl (C=O) groups excluding carboxylic acids is 1. The van der Waals surface area contributed by atoms with Gasteiger partial charge in [0.1, 0.15) is 0 Å². The average molecular weight is 321 g/mol. The molecule has 0 spiro atoms. The number of ketones is 1. The number of nitrogens with two attached hydrogens (primary N) is 1. The van der Waals surface area contributed by atoms with E-state index in [2.05, 4.69) is 31.9 Å². The summed E-state index contributed by atoms with van der Waals surface area (Å²) < 4.78 is 1.74. The smallest absolute Gasteiger partial charge is 0.163 e. The van der Waals surface area contributed by atoms with Crippen LogP contribution in [0.3, 0.4) is 0 Å². The molecule has 0 aliphatic heterocycles. The lowest BCUT2D eigenvalue weighted by molar-refractivity contribution is 0.0987. The molecular weight excluding hydrogens is 310 g/mol. The molecular formula is C10H11Br2NO. The zero-order chi connectivity index (χ0) is 10.7. The van der Waals surface area contributed by atoms with Gasteiger partial charge >= 0.3 is 0 Å². The van der Waals surface area contributed by atoms with Gasteiger partial charge < -0.3 is 5.73 Å². The summed E-state index contributed by atoms with van der Waals surface area (Å²) in [5, 5.41) is 0. The molecule has 0 atom stereocenters. The van der Waals surface area contributed by atoms with Crippen LogP contribution >= 0.6 is 31.9 Å². The van der Waals surface area contributed by atoms with Crippen molar-refractivity contribution >= 4 is 37.6 Å². The lowest BCUT2D eigenvalue weighted by Crippen LogP contribution is -2.04. The van der Waals surface area contributed by atoms with Crippen molar-refractivity contribution < 1.29 is 4.79 Å². The largest absolute Gasteiger partial charge is 0.326 e. The number of hydrogen-bond acceptors (Lipinski definition) is 2. The molecule has 4 heteroatoms. The highest BCUT2D eigenvalue weighted by molar-refractivity contribution is 9.11. The van der Waals surface area contributed by atoms with Crippen LogP contribution in [-0.2, 0) is 6.54 Å². The standard InChI is InChI=1S/C10H11Br2NO/c1-2-9(14)6-3-4-8(11)7(5-13)10(6)12/h3-4H,2,5,13H2,1H3. The Morgan fingerprint density at radius 2 is 2.07 bits per heavy atom. The zero-order valence-corrected chi connectivity index (χ0v) is 11.0. The van der Waals surface area contributed by atoms with Crippen LogP contribution in [0, 0.1) is 0 Å². The van der Waals surface area contributed by atoms with Crippen molar-refractivity contribution in [2.24, 2.45) is 5.73 Å². The number of carbonyl (C=O) groups is 1. The van der Waals surface area contributed by atoms with Gasteiger partial charge in [-0.05, 0) is 33.6 Å². The summed E-state index contributed by atoms with van der Waals surface area (Å²) in [6, 6.07) is 3.66. The van der Waals surface area contributed by atoms with Gasteiger partial charge in [-0.15, -0.1) is 0 Å². The molecule has 1 rings (SSSR count). The van der Waals surface area contributed by atoms with Crippen LogP contribution in [0.4, 0.5) is 0 Å². The highest BCUT2D eigenvalue weighted by atomic mass is 79.9. The monoisotopic (exact) mass is 319 g/mol. The van der Waals surface area contributed by atoms with Crippen LogP contribution in [0.25, 0.3) is 0 Å². The van der Waals surface area contributed by atoms with Crippen LogP contribution in [0.5, 0.6) is 0 Å². The summed E-state index contributed by atoms with van der Waals surface area (Å²) in [6.45, 7) is 2.25. The average Bonchev–Trinajstić information content (AvgIpc) is 2.18. The van der Waals surface area contributed by atoms with Gasteiger partial charge in [-0.2, -0.15) is 0 Å². The highest BCUT2D eigenvalue weighted by Gasteiger charge is 2.12. The second kappa shape index (κ2) is 5.05. The van der Waals surface area contributed by atoms with Gasteiger partial charge in [-0.1, -0.05) is 22.9 Å². The molecule has 0 aromatic heterocycles. The molecule has 1 aromatic carbocycles. The lowest BCUT2D eigenvalue weighted by atomic mass is 10.1. The fourth-order valence-electron chi connectivity index (χ4n) is 1.19. The molecule has 0 bridgehead atoms. The van der Waals surface area contributed by atoms with E-state index in [4.69, 9.17) is 5.73 Å². The van der Waals surface area contributed by atoms with Gasteiger partial charge in [0.15, 0.2) is 5.78 Å². The summed E-state index contributed by atoms with van der Waals surface area (Å²) in [4.78, 5) is 11.5. The van der Waals surface area contributed by atoms with Gasteiger partial charge in [0.2, 0.25) is 0 Å². The summed E-state index contributed by atoms with van der Waals surface area (Å²) in [5.41, 5.74) is 7.23. The Hall–Kier alpha value is -0.190. The zero-order valence-electron chi connectivity index (χ0n) is 7.81. The van der Waals surface area contributed by atoms with E-state index < -0.39 is 0 Å². The number of benzene rings is 1. The quantitative estimate of drug-likeness (QED) is 0.869. The Balaban J connectivity index is 3.28. The Morgan fingerprint density at radius 1 is 1.43 bits per heavy atom. The Labute approximate surface area is 100 Å². The van der Waals surface area contributed by atoms with Crippen LogP contribution in [-0.4, -0.2) is 5.78 Å². The topological polar surface area (TPSA) is 43.1 Å². The van der Waals surface area contributed by atoms with E-state index >= 15 is 0 Å². The molecule has 0 radical (unpaired) electrons. The fraction of sp³-hybridized carbons (Fsp3) is 0.300. The molecule has 0 aliphatic rings. The summed E-state index contributed by atoms with van der Waals surface area (Å²) in [6.07, 6.45) is 0.504. The highest BCUT2D eigenvalue weighted by Crippen LogP contribution is 2.29. The minimum Gasteiger partial charge on any atom is -0.326 e. The van der Waals surface area contributed by atoms with Crippen molar-refractivity contribution in [2.45, 2.75) is 19.9 Å². The number of hydrogen-bond donors (Lipinski definition) is 1. The van der Waals surface area contributed by atoms with E-state index in [1.165, 1.54) is 0 Å². The number of rotatable bonds is 3. The van der Waals surface area contributed by atoms with E-state index in [0.29, 0.717) is 18.5 Å². The molecule has 0 unspecified atom stereocenters. The third-order valence-corrected chi connectivity index (χ3v) is 3.66. The van der Waals surface area contributed by atoms with Gasteiger partial charge in [-0.25, -0.2) is 0 Å². The molecule has 0 saturated heterocycles. The number of Topliss-reactive ketones (excluding diaryl/α,β-unsaturated/α-hetero) is 1. The van der Waals surface area contributed by atoms with E-state index in [1.54, 1.807) is 6.07 Å². The molecule has 1 aromatic rings. The Morgan fingerprint density at radius 3 is 2.57 bits per heavy atom. The summed E-state index contributed by atoms with van der Waals surface area (Å²) >= 11 is 6.79. The molecule has 0 heterocycles. The Bertz CT molecular complexity index is 363. The van der Waals surface area contributed by atoms with Gasteiger partial charge in [0.05, 0.1) is 0 Å². The second-order valence-electron chi connectivity index (χ2n) is 2.87. The third kappa shape index (κ3) is 2.24. The van der Waals surface area contributed by atoms with E-state index in [0.717, 1.165) is 14.5 Å². The first-order valence-corrected chi connectivity index (χ1v) is 5.90. The first-order valence-electron chi connectivity index (χ1n) is 4.32. The van der Waals surface area contributed by atoms with Crippen molar-refractivity contribution in [3.8, 4) is 0 Å². The molecule has 0 saturated carbocycles. The first kappa shape index (κ1) is 11.9. The maximum atomic E-state index is 11.5. The molecule has 0 fully saturated rings. The maximum absolute atomic E-state index is 11.5. The van der Waals surface area contributed by atoms with Crippen molar-refractivity contribution in [1.29, 1.82) is 0 Å². The van der Waals surface area contributed by atoms with Gasteiger partial charge in [0.25, 0.3) is 0 Å². The van der Waals surface area contributed by atoms with E-state index in [1.807, 2.05) is 13.0 Å². The van der Waals surface area contributed by atoms with Gasteiger partial charge in [0, 0.05) is 27.5 Å². The molecule has 14 heavy (non-hydrogen) atoms. The first-order chi connectivity index (χ1) is 6.61. The lowest BCUT2D eigenvalue weighted by Gasteiger charge is -2.08. The van der Waals surface area contributed by atoms with Gasteiger partial charge in [-0.3, -0.25) is 4.79 Å². The van der Waals surface area contributed by atoms with Crippen LogP contribution in [0.15, 0.2) is 21.1 Å². The Kier molecular flexibility index (Phi) is 4.29. The van der Waals surface area contributed by atoms with Crippen LogP contribution in [0.2, 0.25) is 0 Å². The summed E-state index contributed by atoms with van der Waals surface area (Å²) in [5.74, 6) is 0.124. The van der Waals surface area contributed by atoms with Crippen molar-refractivity contribution in [3.05, 3.63) is 32.2 Å². The molecule has 2 nitrogen and oxygen atoms in total. The molecule has 76 valence electrons. The third-order valence-electron chi connectivity index (χ3n) is 2.01. The van der Waals surface area contributed by atoms with Crippen molar-refractivity contribution in [1.82, 2.24) is 0 Å². The van der Waals surface area contributed by atoms with Crippen molar-refractivity contribution in [2.75, 3.05) is 0 Å². The predicted octanol–water partition coefficient (Wildman–Crippen LogP) is 3.26. The SMILES string of the molecule is CCC(=O)c1ccc(Br)c(CN)c1Br. The maximum Gasteiger partial charge on any atom is 0.163 e. The number of halogens is 2. The van der Waals surface area contributed by atoms with Crippen LogP contribution < -0.4 is 5.73 Å². The molecule has 2 N–H and O–H groups in total. The fourth-order valence-corrected chi connectivity index (χ4v) is 2.68. The van der Waals surface area contributed by atoms with E-state index in [9.17, 15) is 4.79 Å². The second-order valence-corrected chi connectivity index (χ2v) is 4.52. The molecule has 0 amide bonds. The molecule has 0 aliphatic carbocycles. The predicted molar refractivity (Wildman–Crippen MR) is 64.4 cm³/mol. The van der Waals surface area contributed by atoms with Crippen molar-refractivity contribution in [3.63, 3.8) is 0 Å². The normalized spacial score (nSPS) is 10.3. The van der Waals surface area contributed by atoms with E-state index in [-0.39, 0.29) is 5.78 Å². The summed E-state index contributed by atoms with van der Waals surface area (Å²) in [7, 11) is 0. The van der Waals surface area contributed by atoms with Crippen LogP contribution in [0.1, 0.15) is 29.3 Å². The minimum absolute atomic E-state index is 0.124.